The molecule has 0 fully saturated rings. The van der Waals surface area contributed by atoms with E-state index < -0.39 is 126 Å². The van der Waals surface area contributed by atoms with Gasteiger partial charge < -0.3 is 92.3 Å². The number of carboxylic acids is 1. The van der Waals surface area contributed by atoms with Crippen LogP contribution in [0.15, 0.2) is 9.98 Å². The molecule has 28 heteroatoms. The summed E-state index contributed by atoms with van der Waals surface area (Å²) < 4.78 is 0. The van der Waals surface area contributed by atoms with Crippen molar-refractivity contribution in [2.24, 2.45) is 62.1 Å². The standard InChI is InChI=1S/C45H86N16O12/c1-22(2)19-30(57-36(65)27(47)13-11-17-52-44(48)49)39(68)61-34(26(8)63)42(71)59-32(21-62)40(69)55-29(15-12-18-53-45(50)51)38(67)60-33(24(5)6)41(70)56-28(14-9-10-16-46)37(66)54-25(7)35(64)58-31(43(72)73)20-23(3)4/h22-34,62-63H,9-21,46-47H2,1-8H3,(H,54,66)(H,55,69)(H,56,70)(H,57,65)(H,58,64)(H,59,71)(H,60,67)(H,61,68)(H,72,73)(H4,48,49,52)(H4,50,51,53)/t25-,26+,27-,28-,29-,30-,31-,32-,33-,34-/m0/s1. The molecule has 0 aliphatic rings. The van der Waals surface area contributed by atoms with E-state index in [-0.39, 0.29) is 81.9 Å². The van der Waals surface area contributed by atoms with Crippen LogP contribution in [0.25, 0.3) is 0 Å². The molecule has 23 N–H and O–H groups in total. The van der Waals surface area contributed by atoms with Gasteiger partial charge in [0.2, 0.25) is 47.3 Å². The van der Waals surface area contributed by atoms with Crippen LogP contribution in [0.5, 0.6) is 0 Å². The molecule has 8 amide bonds. The van der Waals surface area contributed by atoms with E-state index in [0.29, 0.717) is 19.3 Å². The molecule has 0 bridgehead atoms. The fourth-order valence-electron chi connectivity index (χ4n) is 6.97. The molecular formula is C45H86N16O12. The van der Waals surface area contributed by atoms with Crippen molar-refractivity contribution in [1.82, 2.24) is 42.5 Å². The van der Waals surface area contributed by atoms with Gasteiger partial charge >= 0.3 is 5.97 Å². The largest absolute Gasteiger partial charge is 0.480 e. The number of aliphatic imine (C=N–C) groups is 2. The SMILES string of the molecule is CC(C)C[C@H](NC(=O)[C@H](C)NC(=O)[C@H](CCCCN)NC(=O)[C@@H](NC(=O)[C@H](CCCN=C(N)N)NC(=O)[C@H](CO)NC(=O)[C@@H](NC(=O)[C@H](CC(C)C)NC(=O)[C@@H](N)CCCN=C(N)N)[C@@H](C)O)C(C)C)C(=O)O. The molecule has 0 aromatic carbocycles. The minimum Gasteiger partial charge on any atom is -0.480 e. The molecule has 418 valence electrons. The van der Waals surface area contributed by atoms with Gasteiger partial charge in [0.15, 0.2) is 11.9 Å². The number of aliphatic carboxylic acids is 1. The van der Waals surface area contributed by atoms with Crippen molar-refractivity contribution in [2.75, 3.05) is 26.2 Å². The maximum Gasteiger partial charge on any atom is 0.326 e. The van der Waals surface area contributed by atoms with Crippen LogP contribution in [0.4, 0.5) is 0 Å². The van der Waals surface area contributed by atoms with Crippen LogP contribution >= 0.6 is 0 Å². The van der Waals surface area contributed by atoms with E-state index in [1.54, 1.807) is 41.5 Å². The minimum absolute atomic E-state index is 0.000354. The quantitative estimate of drug-likeness (QED) is 0.0158. The van der Waals surface area contributed by atoms with Crippen LogP contribution in [0, 0.1) is 17.8 Å². The van der Waals surface area contributed by atoms with Crippen LogP contribution in [0.3, 0.4) is 0 Å². The third-order valence-electron chi connectivity index (χ3n) is 11.0. The van der Waals surface area contributed by atoms with Crippen molar-refractivity contribution < 1.29 is 58.5 Å². The van der Waals surface area contributed by atoms with Crippen molar-refractivity contribution >= 4 is 65.1 Å². The molecule has 0 radical (unpaired) electrons. The van der Waals surface area contributed by atoms with Gasteiger partial charge in [-0.25, -0.2) is 4.79 Å². The highest BCUT2D eigenvalue weighted by Crippen LogP contribution is 2.11. The Labute approximate surface area is 427 Å². The molecule has 0 heterocycles. The second-order valence-corrected chi connectivity index (χ2v) is 19.1. The van der Waals surface area contributed by atoms with Crippen LogP contribution in [0.2, 0.25) is 0 Å². The normalized spacial score (nSPS) is 15.3. The van der Waals surface area contributed by atoms with Crippen molar-refractivity contribution in [3.8, 4) is 0 Å². The zero-order valence-corrected chi connectivity index (χ0v) is 43.6. The number of guanidine groups is 2. The van der Waals surface area contributed by atoms with Gasteiger partial charge in [0, 0.05) is 13.1 Å². The number of aliphatic hydroxyl groups is 2. The van der Waals surface area contributed by atoms with Gasteiger partial charge in [0.05, 0.1) is 18.8 Å². The Morgan fingerprint density at radius 2 is 0.890 bits per heavy atom. The number of unbranched alkanes of at least 4 members (excludes halogenated alkanes) is 1. The summed E-state index contributed by atoms with van der Waals surface area (Å²) in [5, 5.41) is 50.3. The van der Waals surface area contributed by atoms with Crippen molar-refractivity contribution in [1.29, 1.82) is 0 Å². The second kappa shape index (κ2) is 34.9. The third kappa shape index (κ3) is 27.3. The Balaban J connectivity index is 6.40. The molecule has 0 aromatic rings. The number of nitrogens with one attached hydrogen (secondary N) is 8. The molecule has 0 aliphatic heterocycles. The van der Waals surface area contributed by atoms with Gasteiger partial charge in [-0.15, -0.1) is 0 Å². The Bertz CT molecular complexity index is 1860. The van der Waals surface area contributed by atoms with E-state index in [4.69, 9.17) is 34.4 Å². The molecule has 0 saturated heterocycles. The van der Waals surface area contributed by atoms with E-state index in [2.05, 4.69) is 52.5 Å². The molecule has 73 heavy (non-hydrogen) atoms. The summed E-state index contributed by atoms with van der Waals surface area (Å²) in [4.78, 5) is 128. The number of hydrogen-bond donors (Lipinski definition) is 17. The first kappa shape index (κ1) is 66.6. The Morgan fingerprint density at radius 3 is 1.37 bits per heavy atom. The molecule has 0 saturated carbocycles. The second-order valence-electron chi connectivity index (χ2n) is 19.1. The highest BCUT2D eigenvalue weighted by atomic mass is 16.4. The number of carbonyl (C=O) groups excluding carboxylic acids is 8. The fourth-order valence-corrected chi connectivity index (χ4v) is 6.97. The van der Waals surface area contributed by atoms with Gasteiger partial charge in [-0.2, -0.15) is 0 Å². The number of carboxylic acid groups (broad SMARTS) is 1. The lowest BCUT2D eigenvalue weighted by molar-refractivity contribution is -0.142. The molecular weight excluding hydrogens is 957 g/mol. The average molecular weight is 1040 g/mol. The highest BCUT2D eigenvalue weighted by Gasteiger charge is 2.36. The average Bonchev–Trinajstić information content (AvgIpc) is 3.29. The zero-order valence-electron chi connectivity index (χ0n) is 43.6. The number of nitrogens with two attached hydrogens (primary N) is 6. The highest BCUT2D eigenvalue weighted by molar-refractivity contribution is 5.98. The predicted molar refractivity (Wildman–Crippen MR) is 272 cm³/mol. The number of hydrogen-bond acceptors (Lipinski definition) is 15. The molecule has 0 spiro atoms. The summed E-state index contributed by atoms with van der Waals surface area (Å²) in [7, 11) is 0. The van der Waals surface area contributed by atoms with E-state index in [1.807, 2.05) is 0 Å². The maximum absolute atomic E-state index is 14.0. The van der Waals surface area contributed by atoms with Crippen molar-refractivity contribution in [3.63, 3.8) is 0 Å². The smallest absolute Gasteiger partial charge is 0.326 e. The Kier molecular flexibility index (Phi) is 31.8. The molecule has 0 aromatic heterocycles. The summed E-state index contributed by atoms with van der Waals surface area (Å²) in [6, 6.07) is -12.2. The number of aliphatic hydroxyl groups excluding tert-OH is 2. The third-order valence-corrected chi connectivity index (χ3v) is 11.0. The lowest BCUT2D eigenvalue weighted by Crippen LogP contribution is -2.62. The van der Waals surface area contributed by atoms with Gasteiger partial charge in [0.25, 0.3) is 0 Å². The summed E-state index contributed by atoms with van der Waals surface area (Å²) in [5.41, 5.74) is 33.3. The van der Waals surface area contributed by atoms with E-state index >= 15 is 0 Å². The van der Waals surface area contributed by atoms with E-state index in [0.717, 1.165) is 0 Å². The monoisotopic (exact) mass is 1040 g/mol. The zero-order chi connectivity index (χ0) is 56.1. The molecule has 10 atom stereocenters. The van der Waals surface area contributed by atoms with E-state index in [9.17, 15) is 58.5 Å². The van der Waals surface area contributed by atoms with Crippen LogP contribution < -0.4 is 76.9 Å². The predicted octanol–water partition coefficient (Wildman–Crippen LogP) is -5.35. The fraction of sp³-hybridized carbons (Fsp3) is 0.756. The first-order valence-electron chi connectivity index (χ1n) is 24.6. The first-order valence-corrected chi connectivity index (χ1v) is 24.6. The number of rotatable bonds is 36. The van der Waals surface area contributed by atoms with Crippen molar-refractivity contribution in [3.05, 3.63) is 0 Å². The Morgan fingerprint density at radius 1 is 0.479 bits per heavy atom. The lowest BCUT2D eigenvalue weighted by Gasteiger charge is -2.29. The number of nitrogens with zero attached hydrogens (tertiary/aromatic N) is 2. The minimum atomic E-state index is -1.77. The van der Waals surface area contributed by atoms with Gasteiger partial charge in [-0.05, 0) is 95.9 Å². The van der Waals surface area contributed by atoms with Gasteiger partial charge in [-0.1, -0.05) is 41.5 Å². The molecule has 0 aliphatic carbocycles. The first-order chi connectivity index (χ1) is 34.1. The summed E-state index contributed by atoms with van der Waals surface area (Å²) in [6.45, 7) is 12.3. The summed E-state index contributed by atoms with van der Waals surface area (Å²) in [5.74, 6) is -9.47. The maximum atomic E-state index is 14.0. The Hall–Kier alpha value is -6.39. The topological polar surface area (TPSA) is 491 Å². The number of carbonyl (C=O) groups is 9. The summed E-state index contributed by atoms with van der Waals surface area (Å²) >= 11 is 0. The molecule has 28 nitrogen and oxygen atoms in total. The van der Waals surface area contributed by atoms with Gasteiger partial charge in [-0.3, -0.25) is 48.3 Å². The van der Waals surface area contributed by atoms with Crippen molar-refractivity contribution in [2.45, 2.75) is 174 Å². The molecule has 0 rings (SSSR count). The van der Waals surface area contributed by atoms with E-state index in [1.165, 1.54) is 13.8 Å². The molecule has 0 unspecified atom stereocenters. The van der Waals surface area contributed by atoms with Crippen LogP contribution in [0.1, 0.15) is 113 Å². The summed E-state index contributed by atoms with van der Waals surface area (Å²) in [6.07, 6.45) is 0.0540. The van der Waals surface area contributed by atoms with Crippen LogP contribution in [-0.2, 0) is 43.2 Å². The van der Waals surface area contributed by atoms with Gasteiger partial charge in [0.1, 0.15) is 48.3 Å². The lowest BCUT2D eigenvalue weighted by atomic mass is 10.0. The van der Waals surface area contributed by atoms with Crippen LogP contribution in [-0.4, -0.2) is 167 Å². The number of amides is 8.